The van der Waals surface area contributed by atoms with Gasteiger partial charge in [-0.3, -0.25) is 14.9 Å². The first-order valence-electron chi connectivity index (χ1n) is 5.88. The Bertz CT molecular complexity index is 498. The minimum absolute atomic E-state index is 0.00612. The summed E-state index contributed by atoms with van der Waals surface area (Å²) in [5.41, 5.74) is 6.15. The molecule has 0 saturated carbocycles. The molecule has 0 amide bonds. The molecule has 0 saturated heterocycles. The molecule has 0 radical (unpaired) electrons. The van der Waals surface area contributed by atoms with Crippen LogP contribution < -0.4 is 5.73 Å². The summed E-state index contributed by atoms with van der Waals surface area (Å²) in [6.07, 6.45) is 0. The standard InChI is InChI=1S/C12H15ClN2O4S/c1-2-19-12(16)10(14)7-20-6-8-5-9(13)3-4-11(8)15(17)18/h3-5,10H,2,6-7,14H2,1H3. The second kappa shape index (κ2) is 8.08. The number of nitro benzene ring substituents is 1. The molecule has 20 heavy (non-hydrogen) atoms. The van der Waals surface area contributed by atoms with Gasteiger partial charge in [0.15, 0.2) is 0 Å². The number of ether oxygens (including phenoxy) is 1. The van der Waals surface area contributed by atoms with E-state index in [9.17, 15) is 14.9 Å². The summed E-state index contributed by atoms with van der Waals surface area (Å²) in [7, 11) is 0. The van der Waals surface area contributed by atoms with Crippen LogP contribution in [0.3, 0.4) is 0 Å². The van der Waals surface area contributed by atoms with Crippen molar-refractivity contribution in [3.05, 3.63) is 38.9 Å². The molecule has 0 aliphatic heterocycles. The number of nitrogens with zero attached hydrogens (tertiary/aromatic N) is 1. The third-order valence-corrected chi connectivity index (χ3v) is 3.73. The minimum atomic E-state index is -0.738. The molecule has 0 fully saturated rings. The second-order valence-electron chi connectivity index (χ2n) is 3.90. The monoisotopic (exact) mass is 318 g/mol. The summed E-state index contributed by atoms with van der Waals surface area (Å²) < 4.78 is 4.78. The molecule has 0 bridgehead atoms. The number of nitro groups is 1. The van der Waals surface area contributed by atoms with E-state index in [4.69, 9.17) is 22.1 Å². The first kappa shape index (κ1) is 16.7. The number of halogens is 1. The molecule has 2 N–H and O–H groups in total. The molecule has 0 heterocycles. The molecule has 0 aliphatic rings. The third kappa shape index (κ3) is 4.99. The van der Waals surface area contributed by atoms with Gasteiger partial charge in [-0.15, -0.1) is 0 Å². The Morgan fingerprint density at radius 2 is 2.30 bits per heavy atom. The van der Waals surface area contributed by atoms with E-state index in [-0.39, 0.29) is 12.3 Å². The molecular weight excluding hydrogens is 304 g/mol. The smallest absolute Gasteiger partial charge is 0.323 e. The van der Waals surface area contributed by atoms with Crippen LogP contribution in [0.1, 0.15) is 12.5 Å². The van der Waals surface area contributed by atoms with E-state index in [0.717, 1.165) is 0 Å². The van der Waals surface area contributed by atoms with Gasteiger partial charge in [0, 0.05) is 28.2 Å². The van der Waals surface area contributed by atoms with E-state index in [1.54, 1.807) is 13.0 Å². The number of thioether (sulfide) groups is 1. The molecule has 6 nitrogen and oxygen atoms in total. The largest absolute Gasteiger partial charge is 0.465 e. The van der Waals surface area contributed by atoms with Gasteiger partial charge in [-0.1, -0.05) is 11.6 Å². The van der Waals surface area contributed by atoms with Crippen LogP contribution >= 0.6 is 23.4 Å². The number of benzene rings is 1. The predicted octanol–water partition coefficient (Wildman–Crippen LogP) is 2.37. The SMILES string of the molecule is CCOC(=O)C(N)CSCc1cc(Cl)ccc1[N+](=O)[O-]. The summed E-state index contributed by atoms with van der Waals surface area (Å²) >= 11 is 7.14. The lowest BCUT2D eigenvalue weighted by atomic mass is 10.2. The molecule has 0 aromatic heterocycles. The summed E-state index contributed by atoms with van der Waals surface area (Å²) in [6, 6.07) is 3.64. The minimum Gasteiger partial charge on any atom is -0.465 e. The molecule has 1 aromatic rings. The lowest BCUT2D eigenvalue weighted by Gasteiger charge is -2.10. The first-order valence-corrected chi connectivity index (χ1v) is 7.41. The Morgan fingerprint density at radius 1 is 1.60 bits per heavy atom. The Balaban J connectivity index is 2.59. The van der Waals surface area contributed by atoms with Crippen LogP contribution in [0.15, 0.2) is 18.2 Å². The fourth-order valence-electron chi connectivity index (χ4n) is 1.46. The van der Waals surface area contributed by atoms with Gasteiger partial charge >= 0.3 is 5.97 Å². The highest BCUT2D eigenvalue weighted by atomic mass is 35.5. The normalized spacial score (nSPS) is 11.9. The maximum Gasteiger partial charge on any atom is 0.323 e. The zero-order valence-corrected chi connectivity index (χ0v) is 12.4. The summed E-state index contributed by atoms with van der Waals surface area (Å²) in [5.74, 6) is 0.201. The number of carbonyl (C=O) groups is 1. The van der Waals surface area contributed by atoms with Gasteiger partial charge in [0.1, 0.15) is 6.04 Å². The van der Waals surface area contributed by atoms with Gasteiger partial charge < -0.3 is 10.5 Å². The van der Waals surface area contributed by atoms with Crippen molar-refractivity contribution >= 4 is 35.0 Å². The van der Waals surface area contributed by atoms with E-state index in [0.29, 0.717) is 22.1 Å². The molecule has 1 unspecified atom stereocenters. The topological polar surface area (TPSA) is 95.5 Å². The van der Waals surface area contributed by atoms with Gasteiger partial charge in [-0.2, -0.15) is 11.8 Å². The lowest BCUT2D eigenvalue weighted by Crippen LogP contribution is -2.34. The average molecular weight is 319 g/mol. The van der Waals surface area contributed by atoms with Crippen molar-refractivity contribution in [2.24, 2.45) is 5.73 Å². The van der Waals surface area contributed by atoms with Gasteiger partial charge in [0.05, 0.1) is 11.5 Å². The van der Waals surface area contributed by atoms with Crippen LogP contribution in [0.2, 0.25) is 5.02 Å². The average Bonchev–Trinajstić information content (AvgIpc) is 2.38. The van der Waals surface area contributed by atoms with Crippen LogP contribution in [0.4, 0.5) is 5.69 Å². The molecule has 110 valence electrons. The first-order chi connectivity index (χ1) is 9.45. The number of nitrogens with two attached hydrogens (primary N) is 1. The quantitative estimate of drug-likeness (QED) is 0.471. The van der Waals surface area contributed by atoms with Crippen LogP contribution in [0.25, 0.3) is 0 Å². The number of esters is 1. The Kier molecular flexibility index (Phi) is 6.77. The third-order valence-electron chi connectivity index (χ3n) is 2.38. The molecule has 0 spiro atoms. The van der Waals surface area contributed by atoms with Crippen LogP contribution in [-0.2, 0) is 15.3 Å². The summed E-state index contributed by atoms with van der Waals surface area (Å²) in [6.45, 7) is 1.98. The van der Waals surface area contributed by atoms with Crippen molar-refractivity contribution < 1.29 is 14.5 Å². The van der Waals surface area contributed by atoms with Gasteiger partial charge in [-0.25, -0.2) is 0 Å². The zero-order chi connectivity index (χ0) is 15.1. The highest BCUT2D eigenvalue weighted by Crippen LogP contribution is 2.26. The van der Waals surface area contributed by atoms with Crippen molar-refractivity contribution in [1.82, 2.24) is 0 Å². The number of hydrogen-bond acceptors (Lipinski definition) is 6. The molecular formula is C12H15ClN2O4S. The van der Waals surface area contributed by atoms with E-state index in [1.807, 2.05) is 0 Å². The second-order valence-corrected chi connectivity index (χ2v) is 5.37. The van der Waals surface area contributed by atoms with Crippen LogP contribution in [-0.4, -0.2) is 29.3 Å². The maximum absolute atomic E-state index is 11.3. The highest BCUT2D eigenvalue weighted by molar-refractivity contribution is 7.98. The molecule has 0 aliphatic carbocycles. The van der Waals surface area contributed by atoms with E-state index < -0.39 is 16.9 Å². The summed E-state index contributed by atoms with van der Waals surface area (Å²) in [4.78, 5) is 21.7. The Morgan fingerprint density at radius 3 is 2.90 bits per heavy atom. The van der Waals surface area contributed by atoms with E-state index in [2.05, 4.69) is 0 Å². The van der Waals surface area contributed by atoms with Crippen molar-refractivity contribution in [2.75, 3.05) is 12.4 Å². The summed E-state index contributed by atoms with van der Waals surface area (Å²) in [5, 5.41) is 11.3. The fraction of sp³-hybridized carbons (Fsp3) is 0.417. The molecule has 1 atom stereocenters. The van der Waals surface area contributed by atoms with Crippen molar-refractivity contribution in [2.45, 2.75) is 18.7 Å². The Hall–Kier alpha value is -1.31. The number of carbonyl (C=O) groups excluding carboxylic acids is 1. The number of hydrogen-bond donors (Lipinski definition) is 1. The number of rotatable bonds is 7. The molecule has 1 rings (SSSR count). The van der Waals surface area contributed by atoms with Gasteiger partial charge in [-0.05, 0) is 19.1 Å². The zero-order valence-electron chi connectivity index (χ0n) is 10.9. The van der Waals surface area contributed by atoms with E-state index in [1.165, 1.54) is 23.9 Å². The highest BCUT2D eigenvalue weighted by Gasteiger charge is 2.17. The molecule has 1 aromatic carbocycles. The van der Waals surface area contributed by atoms with Gasteiger partial charge in [0.2, 0.25) is 0 Å². The van der Waals surface area contributed by atoms with E-state index >= 15 is 0 Å². The van der Waals surface area contributed by atoms with Crippen LogP contribution in [0, 0.1) is 10.1 Å². The van der Waals surface area contributed by atoms with Crippen molar-refractivity contribution in [3.8, 4) is 0 Å². The van der Waals surface area contributed by atoms with Crippen molar-refractivity contribution in [3.63, 3.8) is 0 Å². The molecule has 8 heteroatoms. The van der Waals surface area contributed by atoms with Crippen LogP contribution in [0.5, 0.6) is 0 Å². The van der Waals surface area contributed by atoms with Crippen molar-refractivity contribution in [1.29, 1.82) is 0 Å². The maximum atomic E-state index is 11.3. The predicted molar refractivity (Wildman–Crippen MR) is 78.9 cm³/mol. The fourth-order valence-corrected chi connectivity index (χ4v) is 2.61. The van der Waals surface area contributed by atoms with Gasteiger partial charge in [0.25, 0.3) is 5.69 Å². The Labute approximate surface area is 125 Å². The lowest BCUT2D eigenvalue weighted by molar-refractivity contribution is -0.385.